The molecule has 4 aromatic rings. The van der Waals surface area contributed by atoms with E-state index in [1.165, 1.54) is 11.2 Å². The summed E-state index contributed by atoms with van der Waals surface area (Å²) in [6.07, 6.45) is -0.0849. The van der Waals surface area contributed by atoms with Gasteiger partial charge < -0.3 is 20.1 Å². The van der Waals surface area contributed by atoms with Crippen molar-refractivity contribution in [3.8, 4) is 5.88 Å². The molecule has 0 aliphatic carbocycles. The number of carbonyl (C=O) groups excluding carboxylic acids is 1. The standard InChI is InChI=1S/C22H22N6O3/c1-14(2)19(29)26-21-25-18-17(23-13-24-18)20(27-21)31-22(30)28(15-9-5-3-6-10-15)16-11-7-4-8-12-16/h3-14,19,29H,1-2H3,(H2,23,24,25,26,27). The first-order valence-electron chi connectivity index (χ1n) is 9.80. The fourth-order valence-electron chi connectivity index (χ4n) is 2.89. The summed E-state index contributed by atoms with van der Waals surface area (Å²) in [6.45, 7) is 3.70. The summed E-state index contributed by atoms with van der Waals surface area (Å²) in [5.41, 5.74) is 1.96. The van der Waals surface area contributed by atoms with Crippen molar-refractivity contribution in [2.75, 3.05) is 10.2 Å². The fourth-order valence-corrected chi connectivity index (χ4v) is 2.89. The average Bonchev–Trinajstić information content (AvgIpc) is 3.24. The van der Waals surface area contributed by atoms with Gasteiger partial charge >= 0.3 is 6.09 Å². The van der Waals surface area contributed by atoms with Crippen molar-refractivity contribution in [2.24, 2.45) is 5.92 Å². The number of carbonyl (C=O) groups is 1. The lowest BCUT2D eigenvalue weighted by Gasteiger charge is -2.22. The second-order valence-corrected chi connectivity index (χ2v) is 7.16. The summed E-state index contributed by atoms with van der Waals surface area (Å²) >= 11 is 0. The molecule has 2 aromatic heterocycles. The molecule has 0 aliphatic rings. The Morgan fingerprint density at radius 1 is 1.03 bits per heavy atom. The Hall–Kier alpha value is -3.98. The Morgan fingerprint density at radius 2 is 1.65 bits per heavy atom. The molecule has 4 rings (SSSR count). The van der Waals surface area contributed by atoms with Gasteiger partial charge in [-0.05, 0) is 30.2 Å². The van der Waals surface area contributed by atoms with Crippen LogP contribution in [0.3, 0.4) is 0 Å². The normalized spacial score (nSPS) is 12.0. The molecule has 0 saturated heterocycles. The summed E-state index contributed by atoms with van der Waals surface area (Å²) in [5, 5.41) is 12.9. The van der Waals surface area contributed by atoms with E-state index < -0.39 is 12.3 Å². The maximum atomic E-state index is 13.3. The molecule has 1 unspecified atom stereocenters. The molecule has 0 fully saturated rings. The van der Waals surface area contributed by atoms with Crippen LogP contribution >= 0.6 is 0 Å². The smallest absolute Gasteiger partial charge is 0.388 e. The highest BCUT2D eigenvalue weighted by atomic mass is 16.6. The molecule has 9 nitrogen and oxygen atoms in total. The number of amides is 1. The monoisotopic (exact) mass is 418 g/mol. The molecule has 0 bridgehead atoms. The van der Waals surface area contributed by atoms with Crippen molar-refractivity contribution in [2.45, 2.75) is 20.1 Å². The van der Waals surface area contributed by atoms with Gasteiger partial charge in [0.05, 0.1) is 17.7 Å². The molecule has 3 N–H and O–H groups in total. The molecule has 0 radical (unpaired) electrons. The van der Waals surface area contributed by atoms with E-state index in [1.807, 2.05) is 74.5 Å². The number of aromatic nitrogens is 4. The topological polar surface area (TPSA) is 116 Å². The summed E-state index contributed by atoms with van der Waals surface area (Å²) in [5.74, 6) is 0.0357. The van der Waals surface area contributed by atoms with Crippen LogP contribution in [0.25, 0.3) is 11.2 Å². The van der Waals surface area contributed by atoms with E-state index in [9.17, 15) is 9.90 Å². The molecule has 0 spiro atoms. The molecule has 0 aliphatic heterocycles. The summed E-state index contributed by atoms with van der Waals surface area (Å²) in [6, 6.07) is 18.3. The number of fused-ring (bicyclic) bond motifs is 1. The van der Waals surface area contributed by atoms with Crippen LogP contribution in [-0.2, 0) is 0 Å². The van der Waals surface area contributed by atoms with Crippen molar-refractivity contribution in [1.29, 1.82) is 0 Å². The van der Waals surface area contributed by atoms with Gasteiger partial charge in [-0.25, -0.2) is 14.7 Å². The third kappa shape index (κ3) is 4.46. The highest BCUT2D eigenvalue weighted by Gasteiger charge is 2.23. The number of aliphatic hydroxyl groups is 1. The Labute approximate surface area is 178 Å². The van der Waals surface area contributed by atoms with Crippen LogP contribution in [0.5, 0.6) is 5.88 Å². The quantitative estimate of drug-likeness (QED) is 0.404. The first-order valence-corrected chi connectivity index (χ1v) is 9.80. The average molecular weight is 418 g/mol. The second kappa shape index (κ2) is 8.80. The van der Waals surface area contributed by atoms with Crippen LogP contribution in [0.4, 0.5) is 22.1 Å². The molecule has 158 valence electrons. The first-order chi connectivity index (χ1) is 15.0. The molecule has 9 heteroatoms. The number of nitrogens with one attached hydrogen (secondary N) is 2. The zero-order chi connectivity index (χ0) is 21.8. The lowest BCUT2D eigenvalue weighted by Crippen LogP contribution is -2.30. The zero-order valence-electron chi connectivity index (χ0n) is 17.1. The van der Waals surface area contributed by atoms with Crippen molar-refractivity contribution in [1.82, 2.24) is 19.9 Å². The predicted octanol–water partition coefficient (Wildman–Crippen LogP) is 4.08. The van der Waals surface area contributed by atoms with E-state index in [0.29, 0.717) is 22.5 Å². The Bertz CT molecular complexity index is 1120. The van der Waals surface area contributed by atoms with Crippen molar-refractivity contribution < 1.29 is 14.6 Å². The van der Waals surface area contributed by atoms with Crippen LogP contribution in [0.15, 0.2) is 67.0 Å². The minimum atomic E-state index is -0.870. The largest absolute Gasteiger partial charge is 0.425 e. The highest BCUT2D eigenvalue weighted by molar-refractivity contribution is 5.98. The molecular weight excluding hydrogens is 396 g/mol. The molecule has 1 atom stereocenters. The summed E-state index contributed by atoms with van der Waals surface area (Å²) < 4.78 is 5.68. The molecule has 0 saturated carbocycles. The van der Waals surface area contributed by atoms with Crippen LogP contribution in [0.2, 0.25) is 0 Å². The van der Waals surface area contributed by atoms with Crippen molar-refractivity contribution in [3.05, 3.63) is 67.0 Å². The SMILES string of the molecule is CC(C)C(O)Nc1nc(OC(=O)N(c2ccccc2)c2ccccc2)c2[nH]cnc2n1. The van der Waals surface area contributed by atoms with Crippen LogP contribution < -0.4 is 15.0 Å². The van der Waals surface area contributed by atoms with Gasteiger partial charge in [0.15, 0.2) is 5.65 Å². The maximum absolute atomic E-state index is 13.3. The van der Waals surface area contributed by atoms with E-state index in [4.69, 9.17) is 4.74 Å². The van der Waals surface area contributed by atoms with E-state index in [1.54, 1.807) is 0 Å². The minimum Gasteiger partial charge on any atom is -0.388 e. The molecule has 1 amide bonds. The van der Waals surface area contributed by atoms with Gasteiger partial charge in [0.2, 0.25) is 5.95 Å². The first kappa shape index (κ1) is 20.3. The number of H-pyrrole nitrogens is 1. The van der Waals surface area contributed by atoms with E-state index >= 15 is 0 Å². The number of anilines is 3. The zero-order valence-corrected chi connectivity index (χ0v) is 17.1. The van der Waals surface area contributed by atoms with Gasteiger partial charge in [-0.3, -0.25) is 0 Å². The number of para-hydroxylation sites is 2. The number of aliphatic hydroxyl groups excluding tert-OH is 1. The third-order valence-electron chi connectivity index (χ3n) is 4.56. The number of aromatic amines is 1. The molecule has 2 aromatic carbocycles. The number of rotatable bonds is 6. The fraction of sp³-hybridized carbons (Fsp3) is 0.182. The summed E-state index contributed by atoms with van der Waals surface area (Å²) in [4.78, 5) is 30.3. The molecule has 2 heterocycles. The lowest BCUT2D eigenvalue weighted by molar-refractivity contribution is 0.152. The van der Waals surface area contributed by atoms with Gasteiger partial charge in [0.25, 0.3) is 5.88 Å². The predicted molar refractivity (Wildman–Crippen MR) is 117 cm³/mol. The van der Waals surface area contributed by atoms with E-state index in [2.05, 4.69) is 25.3 Å². The molecule has 31 heavy (non-hydrogen) atoms. The van der Waals surface area contributed by atoms with Crippen LogP contribution in [-0.4, -0.2) is 37.4 Å². The second-order valence-electron chi connectivity index (χ2n) is 7.16. The van der Waals surface area contributed by atoms with E-state index in [0.717, 1.165) is 0 Å². The number of hydrogen-bond donors (Lipinski definition) is 3. The van der Waals surface area contributed by atoms with Crippen LogP contribution in [0.1, 0.15) is 13.8 Å². The Balaban J connectivity index is 1.70. The minimum absolute atomic E-state index is 0.00261. The third-order valence-corrected chi connectivity index (χ3v) is 4.56. The van der Waals surface area contributed by atoms with Crippen molar-refractivity contribution in [3.63, 3.8) is 0 Å². The Morgan fingerprint density at radius 3 is 2.23 bits per heavy atom. The van der Waals surface area contributed by atoms with Gasteiger partial charge in [0.1, 0.15) is 11.7 Å². The van der Waals surface area contributed by atoms with E-state index in [-0.39, 0.29) is 17.7 Å². The van der Waals surface area contributed by atoms with Crippen LogP contribution in [0, 0.1) is 5.92 Å². The molecular formula is C22H22N6O3. The van der Waals surface area contributed by atoms with Gasteiger partial charge in [0, 0.05) is 0 Å². The van der Waals surface area contributed by atoms with Gasteiger partial charge in [-0.1, -0.05) is 50.2 Å². The number of imidazole rings is 1. The number of benzene rings is 2. The van der Waals surface area contributed by atoms with Gasteiger partial charge in [-0.15, -0.1) is 0 Å². The van der Waals surface area contributed by atoms with Gasteiger partial charge in [-0.2, -0.15) is 9.97 Å². The Kier molecular flexibility index (Phi) is 5.76. The van der Waals surface area contributed by atoms with Crippen molar-refractivity contribution >= 4 is 34.6 Å². The number of nitrogens with zero attached hydrogens (tertiary/aromatic N) is 4. The highest BCUT2D eigenvalue weighted by Crippen LogP contribution is 2.28. The number of ether oxygens (including phenoxy) is 1. The summed E-state index contributed by atoms with van der Waals surface area (Å²) in [7, 11) is 0. The lowest BCUT2D eigenvalue weighted by atomic mass is 10.2. The maximum Gasteiger partial charge on any atom is 0.425 e. The number of hydrogen-bond acceptors (Lipinski definition) is 7.